The van der Waals surface area contributed by atoms with Crippen LogP contribution in [0.15, 0.2) is 18.2 Å². The number of nitrogens with one attached hydrogen (secondary N) is 1. The number of nitro groups is 1. The highest BCUT2D eigenvalue weighted by molar-refractivity contribution is 5.94. The van der Waals surface area contributed by atoms with Gasteiger partial charge < -0.3 is 21.3 Å². The lowest BCUT2D eigenvalue weighted by Gasteiger charge is -2.30. The summed E-state index contributed by atoms with van der Waals surface area (Å²) in [6.07, 6.45) is 0.356. The van der Waals surface area contributed by atoms with E-state index in [4.69, 9.17) is 5.73 Å². The number of nitro benzene ring substituents is 1. The molecule has 0 fully saturated rings. The van der Waals surface area contributed by atoms with Gasteiger partial charge in [0.2, 0.25) is 5.91 Å². The van der Waals surface area contributed by atoms with Gasteiger partial charge in [0, 0.05) is 11.6 Å². The number of carbonyl (C=O) groups is 1. The summed E-state index contributed by atoms with van der Waals surface area (Å²) >= 11 is 0. The average Bonchev–Trinajstić information content (AvgIpc) is 2.44. The molecule has 110 valence electrons. The fraction of sp³-hybridized carbons (Fsp3) is 0.417. The molecular weight excluding hydrogens is 266 g/mol. The Balaban J connectivity index is 3.24. The fourth-order valence-electron chi connectivity index (χ4n) is 1.67. The molecule has 0 radical (unpaired) electrons. The van der Waals surface area contributed by atoms with Gasteiger partial charge in [-0.25, -0.2) is 0 Å². The van der Waals surface area contributed by atoms with E-state index in [1.807, 2.05) is 0 Å². The molecule has 8 nitrogen and oxygen atoms in total. The third-order valence-electron chi connectivity index (χ3n) is 3.16. The first-order valence-corrected chi connectivity index (χ1v) is 5.97. The molecule has 1 aromatic rings. The van der Waals surface area contributed by atoms with Crippen molar-refractivity contribution >= 4 is 17.3 Å². The minimum atomic E-state index is -1.07. The topological polar surface area (TPSA) is 139 Å². The van der Waals surface area contributed by atoms with Crippen LogP contribution in [0.1, 0.15) is 23.7 Å². The van der Waals surface area contributed by atoms with Crippen LogP contribution >= 0.6 is 0 Å². The second-order valence-electron chi connectivity index (χ2n) is 4.43. The predicted octanol–water partition coefficient (Wildman–Crippen LogP) is 0.239. The number of benzene rings is 1. The van der Waals surface area contributed by atoms with Gasteiger partial charge in [-0.1, -0.05) is 6.92 Å². The van der Waals surface area contributed by atoms with E-state index in [9.17, 15) is 25.1 Å². The van der Waals surface area contributed by atoms with Crippen LogP contribution in [-0.4, -0.2) is 39.8 Å². The number of rotatable bonds is 7. The molecule has 0 heterocycles. The maximum absolute atomic E-state index is 11.0. The van der Waals surface area contributed by atoms with Crippen LogP contribution in [0.5, 0.6) is 0 Å². The molecular formula is C12H17N3O5. The molecule has 0 aromatic heterocycles. The third kappa shape index (κ3) is 3.22. The largest absolute Gasteiger partial charge is 0.394 e. The molecule has 0 aliphatic heterocycles. The Kier molecular flexibility index (Phi) is 5.00. The van der Waals surface area contributed by atoms with Gasteiger partial charge in [-0.3, -0.25) is 14.9 Å². The summed E-state index contributed by atoms with van der Waals surface area (Å²) in [4.78, 5) is 21.4. The molecule has 1 aromatic carbocycles. The average molecular weight is 283 g/mol. The number of aliphatic hydroxyl groups is 2. The normalized spacial score (nSPS) is 11.2. The highest BCUT2D eigenvalue weighted by Crippen LogP contribution is 2.29. The fourth-order valence-corrected chi connectivity index (χ4v) is 1.67. The SMILES string of the molecule is CCC(CO)(CO)Nc1ccc(C(N)=O)cc1[N+](=O)[O-]. The van der Waals surface area contributed by atoms with Gasteiger partial charge in [-0.15, -0.1) is 0 Å². The van der Waals surface area contributed by atoms with Gasteiger partial charge in [0.1, 0.15) is 5.69 Å². The van der Waals surface area contributed by atoms with Gasteiger partial charge in [-0.05, 0) is 18.6 Å². The summed E-state index contributed by atoms with van der Waals surface area (Å²) in [7, 11) is 0. The summed E-state index contributed by atoms with van der Waals surface area (Å²) in [5, 5.41) is 32.5. The van der Waals surface area contributed by atoms with Gasteiger partial charge in [0.15, 0.2) is 0 Å². The van der Waals surface area contributed by atoms with E-state index in [0.29, 0.717) is 6.42 Å². The van der Waals surface area contributed by atoms with Gasteiger partial charge in [0.25, 0.3) is 5.69 Å². The summed E-state index contributed by atoms with van der Waals surface area (Å²) in [6, 6.07) is 3.72. The quantitative estimate of drug-likeness (QED) is 0.417. The van der Waals surface area contributed by atoms with Crippen molar-refractivity contribution in [3.05, 3.63) is 33.9 Å². The first kappa shape index (κ1) is 15.9. The molecule has 0 spiro atoms. The Bertz CT molecular complexity index is 506. The zero-order chi connectivity index (χ0) is 15.3. The van der Waals surface area contributed by atoms with Crippen LogP contribution in [-0.2, 0) is 0 Å². The molecule has 0 saturated heterocycles. The maximum atomic E-state index is 11.0. The number of hydrogen-bond acceptors (Lipinski definition) is 6. The monoisotopic (exact) mass is 283 g/mol. The van der Waals surface area contributed by atoms with Crippen molar-refractivity contribution < 1.29 is 19.9 Å². The second kappa shape index (κ2) is 6.31. The maximum Gasteiger partial charge on any atom is 0.293 e. The standard InChI is InChI=1S/C12H17N3O5/c1-2-12(6-16,7-17)14-9-4-3-8(11(13)18)5-10(9)15(19)20/h3-5,14,16-17H,2,6-7H2,1H3,(H2,13,18). The van der Waals surface area contributed by atoms with Crippen molar-refractivity contribution in [2.24, 2.45) is 5.73 Å². The minimum absolute atomic E-state index is 0.0114. The lowest BCUT2D eigenvalue weighted by molar-refractivity contribution is -0.384. The zero-order valence-electron chi connectivity index (χ0n) is 11.0. The Morgan fingerprint density at radius 3 is 2.45 bits per heavy atom. The van der Waals surface area contributed by atoms with Crippen LogP contribution in [0.4, 0.5) is 11.4 Å². The number of primary amides is 1. The number of aliphatic hydroxyl groups excluding tert-OH is 2. The summed E-state index contributed by atoms with van der Waals surface area (Å²) in [5.41, 5.74) is 3.77. The molecule has 0 unspecified atom stereocenters. The molecule has 1 amide bonds. The van der Waals surface area contributed by atoms with Gasteiger partial charge in [0.05, 0.1) is 23.7 Å². The van der Waals surface area contributed by atoms with Gasteiger partial charge in [-0.2, -0.15) is 0 Å². The predicted molar refractivity (Wildman–Crippen MR) is 72.4 cm³/mol. The second-order valence-corrected chi connectivity index (χ2v) is 4.43. The number of carbonyl (C=O) groups excluding carboxylic acids is 1. The molecule has 0 aliphatic carbocycles. The van der Waals surface area contributed by atoms with E-state index >= 15 is 0 Å². The molecule has 0 aliphatic rings. The van der Waals surface area contributed by atoms with Crippen LogP contribution in [0.3, 0.4) is 0 Å². The van der Waals surface area contributed by atoms with Crippen molar-refractivity contribution in [3.63, 3.8) is 0 Å². The van der Waals surface area contributed by atoms with Gasteiger partial charge >= 0.3 is 0 Å². The van der Waals surface area contributed by atoms with Crippen molar-refractivity contribution in [2.45, 2.75) is 18.9 Å². The molecule has 0 atom stereocenters. The van der Waals surface area contributed by atoms with Crippen LogP contribution in [0.2, 0.25) is 0 Å². The molecule has 20 heavy (non-hydrogen) atoms. The number of anilines is 1. The number of nitrogens with two attached hydrogens (primary N) is 1. The van der Waals surface area contributed by atoms with Crippen LogP contribution < -0.4 is 11.1 Å². The van der Waals surface area contributed by atoms with E-state index in [2.05, 4.69) is 5.32 Å². The van der Waals surface area contributed by atoms with E-state index in [0.717, 1.165) is 6.07 Å². The molecule has 0 bridgehead atoms. The van der Waals surface area contributed by atoms with Crippen molar-refractivity contribution in [2.75, 3.05) is 18.5 Å². The summed E-state index contributed by atoms with van der Waals surface area (Å²) < 4.78 is 0. The number of nitrogens with zero attached hydrogens (tertiary/aromatic N) is 1. The van der Waals surface area contributed by atoms with E-state index in [1.165, 1.54) is 12.1 Å². The lowest BCUT2D eigenvalue weighted by Crippen LogP contribution is -2.45. The Hall–Kier alpha value is -2.19. The van der Waals surface area contributed by atoms with Crippen LogP contribution in [0.25, 0.3) is 0 Å². The van der Waals surface area contributed by atoms with Crippen molar-refractivity contribution in [1.29, 1.82) is 0 Å². The Labute approximate surface area is 115 Å². The third-order valence-corrected chi connectivity index (χ3v) is 3.16. The van der Waals surface area contributed by atoms with Crippen molar-refractivity contribution in [1.82, 2.24) is 0 Å². The summed E-state index contributed by atoms with van der Waals surface area (Å²) in [5.74, 6) is -0.772. The molecule has 0 saturated carbocycles. The zero-order valence-corrected chi connectivity index (χ0v) is 11.0. The van der Waals surface area contributed by atoms with E-state index in [1.54, 1.807) is 6.92 Å². The van der Waals surface area contributed by atoms with E-state index in [-0.39, 0.29) is 16.9 Å². The summed E-state index contributed by atoms with van der Waals surface area (Å²) in [6.45, 7) is 0.937. The highest BCUT2D eigenvalue weighted by Gasteiger charge is 2.29. The Morgan fingerprint density at radius 2 is 2.05 bits per heavy atom. The van der Waals surface area contributed by atoms with Crippen molar-refractivity contribution in [3.8, 4) is 0 Å². The lowest BCUT2D eigenvalue weighted by atomic mass is 9.97. The molecule has 5 N–H and O–H groups in total. The first-order chi connectivity index (χ1) is 9.39. The molecule has 1 rings (SSSR count). The highest BCUT2D eigenvalue weighted by atomic mass is 16.6. The minimum Gasteiger partial charge on any atom is -0.394 e. The number of hydrogen-bond donors (Lipinski definition) is 4. The van der Waals surface area contributed by atoms with Crippen LogP contribution in [0, 0.1) is 10.1 Å². The Morgan fingerprint density at radius 1 is 1.45 bits per heavy atom. The first-order valence-electron chi connectivity index (χ1n) is 5.97. The smallest absolute Gasteiger partial charge is 0.293 e. The van der Waals surface area contributed by atoms with E-state index < -0.39 is 29.6 Å². The number of amides is 1. The molecule has 8 heteroatoms.